The second kappa shape index (κ2) is 4.93. The predicted octanol–water partition coefficient (Wildman–Crippen LogP) is 2.62. The zero-order valence-electron chi connectivity index (χ0n) is 11.7. The van der Waals surface area contributed by atoms with Gasteiger partial charge in [-0.2, -0.15) is 0 Å². The van der Waals surface area contributed by atoms with E-state index in [1.54, 1.807) is 4.90 Å². The number of amides is 1. The van der Waals surface area contributed by atoms with E-state index in [9.17, 15) is 9.59 Å². The summed E-state index contributed by atoms with van der Waals surface area (Å²) in [5, 5.41) is 0. The summed E-state index contributed by atoms with van der Waals surface area (Å²) < 4.78 is 5.29. The molecule has 1 aliphatic carbocycles. The maximum Gasteiger partial charge on any atom is 0.410 e. The molecule has 0 spiro atoms. The van der Waals surface area contributed by atoms with E-state index in [0.29, 0.717) is 12.5 Å². The first kappa shape index (κ1) is 13.2. The van der Waals surface area contributed by atoms with Gasteiger partial charge in [0.1, 0.15) is 6.61 Å². The van der Waals surface area contributed by atoms with Gasteiger partial charge in [-0.1, -0.05) is 37.3 Å². The largest absolute Gasteiger partial charge is 0.445 e. The zero-order valence-corrected chi connectivity index (χ0v) is 11.7. The van der Waals surface area contributed by atoms with Gasteiger partial charge in [0.05, 0.1) is 6.54 Å². The van der Waals surface area contributed by atoms with Crippen LogP contribution in [0.5, 0.6) is 0 Å². The average Bonchev–Trinajstić information content (AvgIpc) is 3.26. The molecule has 0 N–H and O–H groups in total. The van der Waals surface area contributed by atoms with Crippen molar-refractivity contribution in [1.29, 1.82) is 0 Å². The molecule has 1 aromatic rings. The van der Waals surface area contributed by atoms with Crippen LogP contribution >= 0.6 is 0 Å². The van der Waals surface area contributed by atoms with Crippen LogP contribution < -0.4 is 0 Å². The summed E-state index contributed by atoms with van der Waals surface area (Å²) in [6.07, 6.45) is 1.83. The van der Waals surface area contributed by atoms with Gasteiger partial charge in [0.25, 0.3) is 0 Å². The van der Waals surface area contributed by atoms with Crippen LogP contribution in [-0.4, -0.2) is 29.9 Å². The molecule has 1 aliphatic heterocycles. The van der Waals surface area contributed by atoms with Crippen molar-refractivity contribution in [2.24, 2.45) is 11.3 Å². The molecule has 1 atom stereocenters. The summed E-state index contributed by atoms with van der Waals surface area (Å²) in [6.45, 7) is 2.94. The Balaban J connectivity index is 1.57. The van der Waals surface area contributed by atoms with E-state index in [1.165, 1.54) is 0 Å². The summed E-state index contributed by atoms with van der Waals surface area (Å²) in [5.41, 5.74) is 0.613. The van der Waals surface area contributed by atoms with Crippen molar-refractivity contribution in [3.63, 3.8) is 0 Å². The lowest BCUT2D eigenvalue weighted by Crippen LogP contribution is -2.32. The molecule has 3 rings (SSSR count). The van der Waals surface area contributed by atoms with Gasteiger partial charge in [0, 0.05) is 12.0 Å². The van der Waals surface area contributed by atoms with Crippen molar-refractivity contribution >= 4 is 11.9 Å². The standard InChI is InChI=1S/C16H19NO3/c1-16(13-7-8-13)11-17(9-14(16)18)15(19)20-10-12-5-3-2-4-6-12/h2-6,13H,7-11H2,1H3. The third-order valence-electron chi connectivity index (χ3n) is 4.43. The number of Topliss-reactive ketones (excluding diaryl/α,β-unsaturated/α-hetero) is 1. The summed E-state index contributed by atoms with van der Waals surface area (Å²) in [4.78, 5) is 25.7. The molecule has 0 aromatic heterocycles. The van der Waals surface area contributed by atoms with Crippen molar-refractivity contribution < 1.29 is 14.3 Å². The second-order valence-corrected chi connectivity index (χ2v) is 6.01. The smallest absolute Gasteiger partial charge is 0.410 e. The molecule has 4 nitrogen and oxygen atoms in total. The number of likely N-dealkylation sites (tertiary alicyclic amines) is 1. The Kier molecular flexibility index (Phi) is 3.24. The van der Waals surface area contributed by atoms with Gasteiger partial charge < -0.3 is 4.74 Å². The molecule has 106 valence electrons. The Hall–Kier alpha value is -1.84. The first-order chi connectivity index (χ1) is 9.59. The van der Waals surface area contributed by atoms with Gasteiger partial charge in [-0.15, -0.1) is 0 Å². The van der Waals surface area contributed by atoms with Gasteiger partial charge in [-0.05, 0) is 24.3 Å². The molecule has 1 saturated carbocycles. The Morgan fingerprint density at radius 2 is 2.05 bits per heavy atom. The van der Waals surface area contributed by atoms with Gasteiger partial charge in [0.15, 0.2) is 5.78 Å². The van der Waals surface area contributed by atoms with E-state index in [0.717, 1.165) is 18.4 Å². The summed E-state index contributed by atoms with van der Waals surface area (Å²) >= 11 is 0. The fourth-order valence-corrected chi connectivity index (χ4v) is 2.91. The summed E-state index contributed by atoms with van der Waals surface area (Å²) in [7, 11) is 0. The number of benzene rings is 1. The molecule has 0 radical (unpaired) electrons. The molecule has 1 heterocycles. The van der Waals surface area contributed by atoms with E-state index < -0.39 is 0 Å². The number of hydrogen-bond acceptors (Lipinski definition) is 3. The van der Waals surface area contributed by atoms with Crippen LogP contribution in [0, 0.1) is 11.3 Å². The van der Waals surface area contributed by atoms with Crippen molar-refractivity contribution in [3.8, 4) is 0 Å². The average molecular weight is 273 g/mol. The first-order valence-electron chi connectivity index (χ1n) is 7.08. The topological polar surface area (TPSA) is 46.6 Å². The maximum absolute atomic E-state index is 12.1. The predicted molar refractivity (Wildman–Crippen MR) is 74.0 cm³/mol. The summed E-state index contributed by atoms with van der Waals surface area (Å²) in [5.74, 6) is 0.638. The molecule has 1 unspecified atom stereocenters. The molecule has 2 aliphatic rings. The first-order valence-corrected chi connectivity index (χ1v) is 7.08. The summed E-state index contributed by atoms with van der Waals surface area (Å²) in [6, 6.07) is 9.57. The molecule has 0 bridgehead atoms. The van der Waals surface area contributed by atoms with Gasteiger partial charge in [-0.25, -0.2) is 4.79 Å². The zero-order chi connectivity index (χ0) is 14.2. The van der Waals surface area contributed by atoms with Crippen LogP contribution in [0.2, 0.25) is 0 Å². The number of rotatable bonds is 3. The van der Waals surface area contributed by atoms with Crippen molar-refractivity contribution in [2.75, 3.05) is 13.1 Å². The van der Waals surface area contributed by atoms with Crippen molar-refractivity contribution in [2.45, 2.75) is 26.4 Å². The van der Waals surface area contributed by atoms with Crippen molar-refractivity contribution in [3.05, 3.63) is 35.9 Å². The van der Waals surface area contributed by atoms with E-state index >= 15 is 0 Å². The van der Waals surface area contributed by atoms with Crippen molar-refractivity contribution in [1.82, 2.24) is 4.90 Å². The third kappa shape index (κ3) is 2.42. The molecule has 1 aromatic carbocycles. The van der Waals surface area contributed by atoms with Gasteiger partial charge >= 0.3 is 6.09 Å². The number of nitrogens with zero attached hydrogens (tertiary/aromatic N) is 1. The fourth-order valence-electron chi connectivity index (χ4n) is 2.91. The maximum atomic E-state index is 12.1. The number of carbonyl (C=O) groups is 2. The van der Waals surface area contributed by atoms with E-state index in [4.69, 9.17) is 4.74 Å². The highest BCUT2D eigenvalue weighted by molar-refractivity contribution is 5.92. The van der Waals surface area contributed by atoms with E-state index in [1.807, 2.05) is 37.3 Å². The molecular formula is C16H19NO3. The quantitative estimate of drug-likeness (QED) is 0.850. The molecule has 4 heteroatoms. The Bertz CT molecular complexity index is 524. The Morgan fingerprint density at radius 1 is 1.35 bits per heavy atom. The number of carbonyl (C=O) groups excluding carboxylic acids is 2. The molecular weight excluding hydrogens is 254 g/mol. The van der Waals surface area contributed by atoms with Crippen LogP contribution in [0.1, 0.15) is 25.3 Å². The minimum absolute atomic E-state index is 0.177. The molecule has 1 amide bonds. The Labute approximate surface area is 118 Å². The monoisotopic (exact) mass is 273 g/mol. The van der Waals surface area contributed by atoms with E-state index in [2.05, 4.69) is 0 Å². The lowest BCUT2D eigenvalue weighted by Gasteiger charge is -2.22. The highest BCUT2D eigenvalue weighted by atomic mass is 16.6. The Morgan fingerprint density at radius 3 is 2.70 bits per heavy atom. The van der Waals surface area contributed by atoms with Crippen LogP contribution in [-0.2, 0) is 16.1 Å². The SMILES string of the molecule is CC1(C2CC2)CN(C(=O)OCc2ccccc2)CC1=O. The number of hydrogen-bond donors (Lipinski definition) is 0. The normalized spacial score (nSPS) is 25.9. The van der Waals surface area contributed by atoms with Gasteiger partial charge in [0.2, 0.25) is 0 Å². The minimum Gasteiger partial charge on any atom is -0.445 e. The third-order valence-corrected chi connectivity index (χ3v) is 4.43. The van der Waals surface area contributed by atoms with Gasteiger partial charge in [-0.3, -0.25) is 9.69 Å². The second-order valence-electron chi connectivity index (χ2n) is 6.01. The molecule has 2 fully saturated rings. The lowest BCUT2D eigenvalue weighted by molar-refractivity contribution is -0.124. The van der Waals surface area contributed by atoms with Crippen LogP contribution in [0.4, 0.5) is 4.79 Å². The molecule has 1 saturated heterocycles. The highest BCUT2D eigenvalue weighted by Gasteiger charge is 2.53. The minimum atomic E-state index is -0.383. The van der Waals surface area contributed by atoms with Crippen LogP contribution in [0.25, 0.3) is 0 Å². The highest BCUT2D eigenvalue weighted by Crippen LogP contribution is 2.48. The van der Waals surface area contributed by atoms with Crippen LogP contribution in [0.15, 0.2) is 30.3 Å². The number of ketones is 1. The van der Waals surface area contributed by atoms with Crippen LogP contribution in [0.3, 0.4) is 0 Å². The fraction of sp³-hybridized carbons (Fsp3) is 0.500. The van der Waals surface area contributed by atoms with E-state index in [-0.39, 0.29) is 30.4 Å². The lowest BCUT2D eigenvalue weighted by atomic mass is 9.83. The molecule has 20 heavy (non-hydrogen) atoms. The number of ether oxygens (including phenoxy) is 1.